The number of hydrogen-bond acceptors (Lipinski definition) is 4. The maximum absolute atomic E-state index is 12.1. The second-order valence-electron chi connectivity index (χ2n) is 4.83. The van der Waals surface area contributed by atoms with Crippen LogP contribution in [-0.2, 0) is 0 Å². The zero-order valence-electron chi connectivity index (χ0n) is 11.0. The molecule has 1 aromatic carbocycles. The van der Waals surface area contributed by atoms with E-state index in [1.807, 2.05) is 6.07 Å². The molecule has 0 aliphatic carbocycles. The predicted octanol–water partition coefficient (Wildman–Crippen LogP) is 3.21. The van der Waals surface area contributed by atoms with Crippen molar-refractivity contribution in [2.75, 3.05) is 13.1 Å². The van der Waals surface area contributed by atoms with Gasteiger partial charge in [-0.05, 0) is 31.2 Å². The number of amides is 1. The van der Waals surface area contributed by atoms with Gasteiger partial charge in [-0.3, -0.25) is 4.79 Å². The number of rotatable bonds is 3. The molecular weight excluding hydrogens is 329 g/mol. The Bertz CT molecular complexity index is 668. The minimum absolute atomic E-state index is 0.142. The Kier molecular flexibility index (Phi) is 4.45. The summed E-state index contributed by atoms with van der Waals surface area (Å²) in [7, 11) is 0. The third kappa shape index (κ3) is 3.37. The molecule has 1 aromatic heterocycles. The summed E-state index contributed by atoms with van der Waals surface area (Å²) in [5.74, 6) is -0.142. The van der Waals surface area contributed by atoms with Crippen LogP contribution in [0, 0.1) is 0 Å². The largest absolute Gasteiger partial charge is 0.347 e. The molecule has 0 unspecified atom stereocenters. The fraction of sp³-hybridized carbons (Fsp3) is 0.286. The van der Waals surface area contributed by atoms with Crippen molar-refractivity contribution < 1.29 is 4.79 Å². The van der Waals surface area contributed by atoms with Gasteiger partial charge >= 0.3 is 0 Å². The lowest BCUT2D eigenvalue weighted by molar-refractivity contribution is 0.0936. The molecule has 4 nitrogen and oxygen atoms in total. The first-order valence-electron chi connectivity index (χ1n) is 6.56. The standard InChI is InChI=1S/C14H13Cl2N3OS/c15-8-1-2-10(11(16)5-8)14-19-12(7-21-14)13(20)18-9-3-4-17-6-9/h1-2,5,7,9,17H,3-4,6H2,(H,18,20)/t9-/m0/s1. The lowest BCUT2D eigenvalue weighted by Gasteiger charge is -2.09. The Balaban J connectivity index is 1.77. The van der Waals surface area contributed by atoms with Crippen LogP contribution in [0.5, 0.6) is 0 Å². The number of nitrogens with zero attached hydrogens (tertiary/aromatic N) is 1. The Morgan fingerprint density at radius 3 is 3.00 bits per heavy atom. The molecule has 1 saturated heterocycles. The van der Waals surface area contributed by atoms with Gasteiger partial charge in [-0.2, -0.15) is 0 Å². The highest BCUT2D eigenvalue weighted by Gasteiger charge is 2.19. The lowest BCUT2D eigenvalue weighted by Crippen LogP contribution is -2.36. The molecular formula is C14H13Cl2N3OS. The van der Waals surface area contributed by atoms with E-state index in [1.165, 1.54) is 11.3 Å². The van der Waals surface area contributed by atoms with Crippen molar-refractivity contribution in [3.63, 3.8) is 0 Å². The summed E-state index contributed by atoms with van der Waals surface area (Å²) < 4.78 is 0. The average molecular weight is 342 g/mol. The molecule has 1 atom stereocenters. The topological polar surface area (TPSA) is 54.0 Å². The van der Waals surface area contributed by atoms with Gasteiger partial charge in [0.1, 0.15) is 10.7 Å². The fourth-order valence-corrected chi connectivity index (χ4v) is 3.59. The van der Waals surface area contributed by atoms with Gasteiger partial charge < -0.3 is 10.6 Å². The first kappa shape index (κ1) is 14.8. The molecule has 2 heterocycles. The summed E-state index contributed by atoms with van der Waals surface area (Å²) in [4.78, 5) is 16.5. The fourth-order valence-electron chi connectivity index (χ4n) is 2.20. The maximum Gasteiger partial charge on any atom is 0.271 e. The molecule has 0 bridgehead atoms. The molecule has 21 heavy (non-hydrogen) atoms. The monoisotopic (exact) mass is 341 g/mol. The minimum atomic E-state index is -0.142. The van der Waals surface area contributed by atoms with Gasteiger partial charge in [-0.15, -0.1) is 11.3 Å². The molecule has 3 rings (SSSR count). The van der Waals surface area contributed by atoms with Crippen molar-refractivity contribution in [1.82, 2.24) is 15.6 Å². The first-order chi connectivity index (χ1) is 10.1. The molecule has 1 aliphatic rings. The summed E-state index contributed by atoms with van der Waals surface area (Å²) in [6.07, 6.45) is 0.950. The summed E-state index contributed by atoms with van der Waals surface area (Å²) in [5, 5.41) is 9.75. The van der Waals surface area contributed by atoms with Gasteiger partial charge in [0.05, 0.1) is 5.02 Å². The van der Waals surface area contributed by atoms with E-state index >= 15 is 0 Å². The third-order valence-electron chi connectivity index (χ3n) is 3.29. The summed E-state index contributed by atoms with van der Waals surface area (Å²) in [6.45, 7) is 1.75. The van der Waals surface area contributed by atoms with Crippen LogP contribution in [0.3, 0.4) is 0 Å². The lowest BCUT2D eigenvalue weighted by atomic mass is 10.2. The molecule has 7 heteroatoms. The van der Waals surface area contributed by atoms with E-state index in [2.05, 4.69) is 15.6 Å². The summed E-state index contributed by atoms with van der Waals surface area (Å²) >= 11 is 13.4. The molecule has 0 spiro atoms. The zero-order chi connectivity index (χ0) is 14.8. The van der Waals surface area contributed by atoms with Gasteiger partial charge in [0, 0.05) is 28.6 Å². The van der Waals surface area contributed by atoms with Crippen molar-refractivity contribution in [2.45, 2.75) is 12.5 Å². The zero-order valence-corrected chi connectivity index (χ0v) is 13.4. The second-order valence-corrected chi connectivity index (χ2v) is 6.53. The number of hydrogen-bond donors (Lipinski definition) is 2. The van der Waals surface area contributed by atoms with E-state index in [4.69, 9.17) is 23.2 Å². The number of carbonyl (C=O) groups excluding carboxylic acids is 1. The van der Waals surface area contributed by atoms with E-state index in [9.17, 15) is 4.79 Å². The van der Waals surface area contributed by atoms with Gasteiger partial charge in [-0.1, -0.05) is 23.2 Å². The molecule has 0 saturated carbocycles. The summed E-state index contributed by atoms with van der Waals surface area (Å²) in [5.41, 5.74) is 1.21. The molecule has 0 radical (unpaired) electrons. The van der Waals surface area contributed by atoms with E-state index in [0.717, 1.165) is 25.1 Å². The van der Waals surface area contributed by atoms with Crippen molar-refractivity contribution >= 4 is 40.4 Å². The molecule has 2 aromatic rings. The van der Waals surface area contributed by atoms with Crippen molar-refractivity contribution in [3.8, 4) is 10.6 Å². The Morgan fingerprint density at radius 2 is 2.29 bits per heavy atom. The Labute approximate surface area is 136 Å². The van der Waals surface area contributed by atoms with Crippen LogP contribution in [-0.4, -0.2) is 30.0 Å². The van der Waals surface area contributed by atoms with E-state index < -0.39 is 0 Å². The van der Waals surface area contributed by atoms with Crippen LogP contribution >= 0.6 is 34.5 Å². The first-order valence-corrected chi connectivity index (χ1v) is 8.19. The van der Waals surface area contributed by atoms with Gasteiger partial charge in [0.15, 0.2) is 0 Å². The smallest absolute Gasteiger partial charge is 0.271 e. The SMILES string of the molecule is O=C(N[C@H]1CCNC1)c1csc(-c2ccc(Cl)cc2Cl)n1. The van der Waals surface area contributed by atoms with Crippen LogP contribution in [0.25, 0.3) is 10.6 Å². The highest BCUT2D eigenvalue weighted by molar-refractivity contribution is 7.13. The number of benzene rings is 1. The normalized spacial score (nSPS) is 17.9. The van der Waals surface area contributed by atoms with E-state index in [1.54, 1.807) is 17.5 Å². The maximum atomic E-state index is 12.1. The third-order valence-corrected chi connectivity index (χ3v) is 4.72. The predicted molar refractivity (Wildman–Crippen MR) is 86.3 cm³/mol. The molecule has 1 fully saturated rings. The van der Waals surface area contributed by atoms with Crippen LogP contribution in [0.1, 0.15) is 16.9 Å². The Morgan fingerprint density at radius 1 is 1.43 bits per heavy atom. The van der Waals surface area contributed by atoms with E-state index in [0.29, 0.717) is 20.7 Å². The highest BCUT2D eigenvalue weighted by Crippen LogP contribution is 2.32. The molecule has 1 amide bonds. The van der Waals surface area contributed by atoms with Crippen molar-refractivity contribution in [1.29, 1.82) is 0 Å². The van der Waals surface area contributed by atoms with Crippen LogP contribution in [0.2, 0.25) is 10.0 Å². The summed E-state index contributed by atoms with van der Waals surface area (Å²) in [6, 6.07) is 5.42. The number of thiazole rings is 1. The molecule has 110 valence electrons. The molecule has 2 N–H and O–H groups in total. The average Bonchev–Trinajstić information content (AvgIpc) is 3.09. The Hall–Kier alpha value is -1.14. The van der Waals surface area contributed by atoms with Crippen molar-refractivity contribution in [3.05, 3.63) is 39.3 Å². The quantitative estimate of drug-likeness (QED) is 0.901. The van der Waals surface area contributed by atoms with E-state index in [-0.39, 0.29) is 11.9 Å². The number of aromatic nitrogens is 1. The van der Waals surface area contributed by atoms with Gasteiger partial charge in [0.25, 0.3) is 5.91 Å². The van der Waals surface area contributed by atoms with Crippen molar-refractivity contribution in [2.24, 2.45) is 0 Å². The highest BCUT2D eigenvalue weighted by atomic mass is 35.5. The van der Waals surface area contributed by atoms with Gasteiger partial charge in [-0.25, -0.2) is 4.98 Å². The van der Waals surface area contributed by atoms with Crippen LogP contribution in [0.15, 0.2) is 23.6 Å². The number of halogens is 2. The van der Waals surface area contributed by atoms with Crippen LogP contribution in [0.4, 0.5) is 0 Å². The number of carbonyl (C=O) groups is 1. The van der Waals surface area contributed by atoms with Crippen LogP contribution < -0.4 is 10.6 Å². The van der Waals surface area contributed by atoms with Gasteiger partial charge in [0.2, 0.25) is 0 Å². The number of nitrogens with one attached hydrogen (secondary N) is 2. The molecule has 1 aliphatic heterocycles. The minimum Gasteiger partial charge on any atom is -0.347 e. The second kappa shape index (κ2) is 6.32.